The summed E-state index contributed by atoms with van der Waals surface area (Å²) in [4.78, 5) is 11.1. The molecule has 15 heavy (non-hydrogen) atoms. The number of carboxylic acids is 1. The first-order valence-electron chi connectivity index (χ1n) is 5.67. The third-order valence-electron chi connectivity index (χ3n) is 4.30. The van der Waals surface area contributed by atoms with Gasteiger partial charge in [-0.15, -0.1) is 0 Å². The Morgan fingerprint density at radius 1 is 1.60 bits per heavy atom. The van der Waals surface area contributed by atoms with Crippen LogP contribution < -0.4 is 5.32 Å². The zero-order valence-electron chi connectivity index (χ0n) is 9.05. The second-order valence-electron chi connectivity index (χ2n) is 5.01. The summed E-state index contributed by atoms with van der Waals surface area (Å²) in [5, 5.41) is 12.0. The van der Waals surface area contributed by atoms with E-state index in [1.54, 1.807) is 0 Å². The van der Waals surface area contributed by atoms with E-state index >= 15 is 0 Å². The van der Waals surface area contributed by atoms with Gasteiger partial charge in [-0.2, -0.15) is 0 Å². The minimum absolute atomic E-state index is 0.0290. The van der Waals surface area contributed by atoms with E-state index in [0.717, 1.165) is 19.3 Å². The molecule has 2 N–H and O–H groups in total. The van der Waals surface area contributed by atoms with Crippen LogP contribution in [0.25, 0.3) is 0 Å². The molecule has 2 fully saturated rings. The van der Waals surface area contributed by atoms with Gasteiger partial charge < -0.3 is 10.4 Å². The molecule has 1 saturated carbocycles. The molecule has 3 unspecified atom stereocenters. The normalized spacial score (nSPS) is 45.1. The van der Waals surface area contributed by atoms with Crippen LogP contribution in [0.5, 0.6) is 0 Å². The molecule has 0 radical (unpaired) electrons. The van der Waals surface area contributed by atoms with E-state index < -0.39 is 17.1 Å². The lowest BCUT2D eigenvalue weighted by atomic mass is 9.73. The molecule has 0 aromatic rings. The molecule has 86 valence electrons. The van der Waals surface area contributed by atoms with Crippen molar-refractivity contribution in [2.45, 2.75) is 38.3 Å². The molecule has 3 nitrogen and oxygen atoms in total. The largest absolute Gasteiger partial charge is 0.479 e. The van der Waals surface area contributed by atoms with Crippen LogP contribution >= 0.6 is 0 Å². The number of hydrogen-bond donors (Lipinski definition) is 2. The molecule has 1 spiro atoms. The number of halogens is 1. The van der Waals surface area contributed by atoms with Gasteiger partial charge in [-0.1, -0.05) is 13.3 Å². The van der Waals surface area contributed by atoms with Gasteiger partial charge in [-0.05, 0) is 25.2 Å². The van der Waals surface area contributed by atoms with Gasteiger partial charge in [-0.3, -0.25) is 0 Å². The van der Waals surface area contributed by atoms with Crippen LogP contribution in [0.3, 0.4) is 0 Å². The van der Waals surface area contributed by atoms with Gasteiger partial charge in [0.25, 0.3) is 0 Å². The second-order valence-corrected chi connectivity index (χ2v) is 5.01. The van der Waals surface area contributed by atoms with Crippen LogP contribution in [-0.2, 0) is 4.79 Å². The molecule has 2 aliphatic rings. The minimum Gasteiger partial charge on any atom is -0.479 e. The number of carbonyl (C=O) groups is 1. The van der Waals surface area contributed by atoms with Gasteiger partial charge in [0, 0.05) is 18.5 Å². The fraction of sp³-hybridized carbons (Fsp3) is 0.909. The third kappa shape index (κ3) is 1.38. The lowest BCUT2D eigenvalue weighted by molar-refractivity contribution is -0.157. The van der Waals surface area contributed by atoms with E-state index in [4.69, 9.17) is 5.11 Å². The van der Waals surface area contributed by atoms with Crippen LogP contribution in [0, 0.1) is 11.3 Å². The fourth-order valence-electron chi connectivity index (χ4n) is 3.21. The van der Waals surface area contributed by atoms with Crippen molar-refractivity contribution >= 4 is 5.97 Å². The predicted molar refractivity (Wildman–Crippen MR) is 54.4 cm³/mol. The monoisotopic (exact) mass is 215 g/mol. The predicted octanol–water partition coefficient (Wildman–Crippen LogP) is 1.58. The van der Waals surface area contributed by atoms with Gasteiger partial charge in [0.2, 0.25) is 5.67 Å². The standard InChI is InChI=1S/C11H18FNO2/c1-2-8-3-4-10(5-8)6-13-7-11(10,12)9(14)15/h8,13H,2-7H2,1H3,(H,14,15). The summed E-state index contributed by atoms with van der Waals surface area (Å²) in [7, 11) is 0. The quantitative estimate of drug-likeness (QED) is 0.735. The molecule has 3 atom stereocenters. The number of alkyl halides is 1. The first-order chi connectivity index (χ1) is 7.04. The molecular weight excluding hydrogens is 197 g/mol. The summed E-state index contributed by atoms with van der Waals surface area (Å²) >= 11 is 0. The van der Waals surface area contributed by atoms with Crippen LogP contribution in [0.15, 0.2) is 0 Å². The van der Waals surface area contributed by atoms with Crippen molar-refractivity contribution in [3.8, 4) is 0 Å². The van der Waals surface area contributed by atoms with Gasteiger partial charge >= 0.3 is 5.97 Å². The number of nitrogens with one attached hydrogen (secondary N) is 1. The molecule has 0 aromatic carbocycles. The Bertz CT molecular complexity index is 284. The van der Waals surface area contributed by atoms with Crippen molar-refractivity contribution in [3.05, 3.63) is 0 Å². The Balaban J connectivity index is 2.24. The average Bonchev–Trinajstić information content (AvgIpc) is 2.75. The second kappa shape index (κ2) is 3.44. The molecule has 0 bridgehead atoms. The Morgan fingerprint density at radius 2 is 2.33 bits per heavy atom. The Morgan fingerprint density at radius 3 is 2.87 bits per heavy atom. The van der Waals surface area contributed by atoms with E-state index in [0.29, 0.717) is 18.9 Å². The lowest BCUT2D eigenvalue weighted by Crippen LogP contribution is -2.48. The highest BCUT2D eigenvalue weighted by Gasteiger charge is 2.63. The molecule has 0 aromatic heterocycles. The molecule has 1 heterocycles. The molecule has 1 aliphatic heterocycles. The molecule has 1 aliphatic carbocycles. The van der Waals surface area contributed by atoms with Crippen molar-refractivity contribution < 1.29 is 14.3 Å². The van der Waals surface area contributed by atoms with E-state index in [-0.39, 0.29) is 6.54 Å². The SMILES string of the molecule is CCC1CCC2(CNCC2(F)C(=O)O)C1. The van der Waals surface area contributed by atoms with Crippen LogP contribution in [-0.4, -0.2) is 29.8 Å². The maximum absolute atomic E-state index is 14.4. The van der Waals surface area contributed by atoms with Crippen molar-refractivity contribution in [2.24, 2.45) is 11.3 Å². The summed E-state index contributed by atoms with van der Waals surface area (Å²) in [5.41, 5.74) is -2.68. The summed E-state index contributed by atoms with van der Waals surface area (Å²) in [6, 6.07) is 0. The van der Waals surface area contributed by atoms with Gasteiger partial charge in [0.1, 0.15) is 0 Å². The number of rotatable bonds is 2. The number of hydrogen-bond acceptors (Lipinski definition) is 2. The highest BCUT2D eigenvalue weighted by atomic mass is 19.1. The maximum Gasteiger partial charge on any atom is 0.343 e. The fourth-order valence-corrected chi connectivity index (χ4v) is 3.21. The molecular formula is C11H18FNO2. The van der Waals surface area contributed by atoms with Crippen LogP contribution in [0.2, 0.25) is 0 Å². The highest BCUT2D eigenvalue weighted by Crippen LogP contribution is 2.53. The average molecular weight is 215 g/mol. The summed E-state index contributed by atoms with van der Waals surface area (Å²) in [5.74, 6) is -0.788. The van der Waals surface area contributed by atoms with E-state index in [9.17, 15) is 9.18 Å². The first kappa shape index (κ1) is 10.9. The van der Waals surface area contributed by atoms with Gasteiger partial charge in [0.05, 0.1) is 0 Å². The number of carboxylic acid groups (broad SMARTS) is 1. The minimum atomic E-state index is -2.04. The third-order valence-corrected chi connectivity index (χ3v) is 4.30. The lowest BCUT2D eigenvalue weighted by Gasteiger charge is -2.32. The van der Waals surface area contributed by atoms with Crippen molar-refractivity contribution in [1.82, 2.24) is 5.32 Å². The van der Waals surface area contributed by atoms with E-state index in [2.05, 4.69) is 12.2 Å². The van der Waals surface area contributed by atoms with Crippen molar-refractivity contribution in [1.29, 1.82) is 0 Å². The van der Waals surface area contributed by atoms with E-state index in [1.165, 1.54) is 0 Å². The van der Waals surface area contributed by atoms with Crippen LogP contribution in [0.1, 0.15) is 32.6 Å². The van der Waals surface area contributed by atoms with Crippen LogP contribution in [0.4, 0.5) is 4.39 Å². The topological polar surface area (TPSA) is 49.3 Å². The molecule has 2 rings (SSSR count). The first-order valence-corrected chi connectivity index (χ1v) is 5.67. The molecule has 1 saturated heterocycles. The summed E-state index contributed by atoms with van der Waals surface area (Å²) in [6.45, 7) is 2.58. The number of aliphatic carboxylic acids is 1. The maximum atomic E-state index is 14.4. The zero-order valence-corrected chi connectivity index (χ0v) is 9.05. The summed E-state index contributed by atoms with van der Waals surface area (Å²) in [6.07, 6.45) is 3.43. The smallest absolute Gasteiger partial charge is 0.343 e. The zero-order chi connectivity index (χ0) is 11.1. The summed E-state index contributed by atoms with van der Waals surface area (Å²) < 4.78 is 14.4. The Labute approximate surface area is 89.0 Å². The molecule has 4 heteroatoms. The van der Waals surface area contributed by atoms with Gasteiger partial charge in [-0.25, -0.2) is 9.18 Å². The van der Waals surface area contributed by atoms with E-state index in [1.807, 2.05) is 0 Å². The Kier molecular flexibility index (Phi) is 2.49. The highest BCUT2D eigenvalue weighted by molar-refractivity contribution is 5.79. The van der Waals surface area contributed by atoms with Gasteiger partial charge in [0.15, 0.2) is 0 Å². The van der Waals surface area contributed by atoms with Crippen molar-refractivity contribution in [3.63, 3.8) is 0 Å². The Hall–Kier alpha value is -0.640. The molecule has 0 amide bonds. The van der Waals surface area contributed by atoms with Crippen molar-refractivity contribution in [2.75, 3.05) is 13.1 Å².